The molecule has 0 saturated heterocycles. The van der Waals surface area contributed by atoms with E-state index in [1.807, 2.05) is 39.0 Å². The van der Waals surface area contributed by atoms with Crippen molar-refractivity contribution >= 4 is 17.8 Å². The Bertz CT molecular complexity index is 890. The second-order valence-electron chi connectivity index (χ2n) is 9.93. The van der Waals surface area contributed by atoms with Crippen LogP contribution in [-0.2, 0) is 9.63 Å². The summed E-state index contributed by atoms with van der Waals surface area (Å²) in [6, 6.07) is 5.96. The molecule has 4 rings (SSSR count). The number of carbonyl (C=O) groups is 1. The topological polar surface area (TPSA) is 57.1 Å². The fourth-order valence-electron chi connectivity index (χ4n) is 4.68. The number of allylic oxidation sites excluding steroid dienone is 1. The highest BCUT2D eigenvalue weighted by Crippen LogP contribution is 2.66. The Labute approximate surface area is 166 Å². The molecule has 1 aliphatic heterocycles. The van der Waals surface area contributed by atoms with E-state index in [0.29, 0.717) is 5.92 Å². The highest BCUT2D eigenvalue weighted by atomic mass is 16.7. The first-order chi connectivity index (χ1) is 13.0. The molecule has 0 N–H and O–H groups in total. The Morgan fingerprint density at radius 2 is 1.93 bits per heavy atom. The van der Waals surface area contributed by atoms with Gasteiger partial charge in [0.1, 0.15) is 0 Å². The van der Waals surface area contributed by atoms with Crippen molar-refractivity contribution in [3.63, 3.8) is 0 Å². The fourth-order valence-corrected chi connectivity index (χ4v) is 4.68. The molecule has 2 aliphatic carbocycles. The largest absolute Gasteiger partial charge is 0.454 e. The first-order valence-corrected chi connectivity index (χ1v) is 9.95. The molecule has 0 spiro atoms. The summed E-state index contributed by atoms with van der Waals surface area (Å²) < 4.78 is 10.9. The Hall–Kier alpha value is -2.30. The minimum Gasteiger partial charge on any atom is -0.454 e. The molecule has 3 aliphatic rings. The maximum Gasteiger partial charge on any atom is 0.340 e. The van der Waals surface area contributed by atoms with Crippen LogP contribution in [0.5, 0.6) is 11.5 Å². The molecule has 0 radical (unpaired) electrons. The van der Waals surface area contributed by atoms with Gasteiger partial charge in [0.25, 0.3) is 0 Å². The number of fused-ring (bicyclic) bond motifs is 3. The van der Waals surface area contributed by atoms with E-state index in [9.17, 15) is 4.79 Å². The zero-order valence-electron chi connectivity index (χ0n) is 17.6. The highest BCUT2D eigenvalue weighted by Gasteiger charge is 2.63. The first kappa shape index (κ1) is 19.0. The van der Waals surface area contributed by atoms with Crippen LogP contribution in [0.25, 0.3) is 6.08 Å². The van der Waals surface area contributed by atoms with Crippen LogP contribution in [0, 0.1) is 22.2 Å². The average molecular weight is 383 g/mol. The number of carbonyl (C=O) groups excluding carboxylic acids is 1. The lowest BCUT2D eigenvalue weighted by Gasteiger charge is -2.33. The third-order valence-electron chi connectivity index (χ3n) is 6.95. The van der Waals surface area contributed by atoms with Crippen LogP contribution in [0.15, 0.2) is 28.9 Å². The lowest BCUT2D eigenvalue weighted by Crippen LogP contribution is -2.33. The molecule has 28 heavy (non-hydrogen) atoms. The van der Waals surface area contributed by atoms with Gasteiger partial charge < -0.3 is 14.3 Å². The molecule has 1 heterocycles. The molecule has 1 aromatic carbocycles. The molecule has 1 aromatic rings. The molecule has 5 heteroatoms. The Morgan fingerprint density at radius 1 is 1.21 bits per heavy atom. The molecular formula is C23H29NO4. The van der Waals surface area contributed by atoms with Crippen LogP contribution < -0.4 is 9.47 Å². The Morgan fingerprint density at radius 3 is 2.64 bits per heavy atom. The van der Waals surface area contributed by atoms with E-state index in [2.05, 4.69) is 32.0 Å². The quantitative estimate of drug-likeness (QED) is 0.520. The highest BCUT2D eigenvalue weighted by molar-refractivity contribution is 6.11. The van der Waals surface area contributed by atoms with Crippen LogP contribution in [-0.4, -0.2) is 18.5 Å². The maximum absolute atomic E-state index is 12.3. The van der Waals surface area contributed by atoms with Crippen molar-refractivity contribution in [2.75, 3.05) is 6.79 Å². The van der Waals surface area contributed by atoms with Gasteiger partial charge in [-0.15, -0.1) is 0 Å². The van der Waals surface area contributed by atoms with Crippen molar-refractivity contribution in [2.24, 2.45) is 27.3 Å². The molecule has 2 bridgehead atoms. The molecule has 5 nitrogen and oxygen atoms in total. The normalized spacial score (nSPS) is 30.3. The molecule has 150 valence electrons. The maximum atomic E-state index is 12.3. The monoisotopic (exact) mass is 383 g/mol. The summed E-state index contributed by atoms with van der Waals surface area (Å²) in [7, 11) is 0. The minimum absolute atomic E-state index is 0.0577. The van der Waals surface area contributed by atoms with E-state index < -0.39 is 5.41 Å². The number of nitrogens with zero attached hydrogens (tertiary/aromatic N) is 1. The summed E-state index contributed by atoms with van der Waals surface area (Å²) >= 11 is 0. The Balaban J connectivity index is 1.74. The summed E-state index contributed by atoms with van der Waals surface area (Å²) in [4.78, 5) is 17.7. The lowest BCUT2D eigenvalue weighted by molar-refractivity contribution is -0.153. The van der Waals surface area contributed by atoms with Crippen LogP contribution in [0.3, 0.4) is 0 Å². The summed E-state index contributed by atoms with van der Waals surface area (Å²) in [5.74, 6) is 1.61. The van der Waals surface area contributed by atoms with Crippen molar-refractivity contribution < 1.29 is 19.1 Å². The summed E-state index contributed by atoms with van der Waals surface area (Å²) in [6.45, 7) is 12.6. The second kappa shape index (κ2) is 6.10. The summed E-state index contributed by atoms with van der Waals surface area (Å²) in [5, 5.41) is 4.43. The number of rotatable bonds is 2. The number of hydrogen-bond donors (Lipinski definition) is 0. The third-order valence-corrected chi connectivity index (χ3v) is 6.95. The predicted octanol–water partition coefficient (Wildman–Crippen LogP) is 5.20. The van der Waals surface area contributed by atoms with Crippen LogP contribution in [0.2, 0.25) is 0 Å². The molecule has 2 unspecified atom stereocenters. The smallest absolute Gasteiger partial charge is 0.340 e. The SMILES string of the molecule is CC(C)(C)C(=O)O/N=C1/C(=C/c2ccc3c(c2)OCO3)C2CCC1(C)C2(C)C. The molecule has 2 fully saturated rings. The van der Waals surface area contributed by atoms with Gasteiger partial charge in [0.15, 0.2) is 11.5 Å². The van der Waals surface area contributed by atoms with E-state index in [1.165, 1.54) is 5.57 Å². The van der Waals surface area contributed by atoms with Gasteiger partial charge in [-0.3, -0.25) is 0 Å². The van der Waals surface area contributed by atoms with E-state index >= 15 is 0 Å². The standard InChI is InChI=1S/C23H29NO4/c1-21(2,3)20(25)28-24-19-15(16-9-10-23(19,6)22(16,4)5)11-14-7-8-17-18(12-14)27-13-26-17/h7-8,11-12,16H,9-10,13H2,1-6H3/b15-11+,24-19-. The summed E-state index contributed by atoms with van der Waals surface area (Å²) in [6.07, 6.45) is 4.34. The molecular weight excluding hydrogens is 354 g/mol. The average Bonchev–Trinajstić information content (AvgIpc) is 3.20. The van der Waals surface area contributed by atoms with E-state index in [-0.39, 0.29) is 23.6 Å². The van der Waals surface area contributed by atoms with E-state index in [4.69, 9.17) is 14.3 Å². The van der Waals surface area contributed by atoms with Gasteiger partial charge in [-0.25, -0.2) is 4.79 Å². The second-order valence-corrected chi connectivity index (χ2v) is 9.93. The minimum atomic E-state index is -0.584. The van der Waals surface area contributed by atoms with Gasteiger partial charge in [0.2, 0.25) is 6.79 Å². The zero-order chi connectivity index (χ0) is 20.3. The third kappa shape index (κ3) is 2.75. The van der Waals surface area contributed by atoms with Crippen LogP contribution in [0.1, 0.15) is 59.9 Å². The van der Waals surface area contributed by atoms with Gasteiger partial charge in [-0.1, -0.05) is 32.0 Å². The van der Waals surface area contributed by atoms with Crippen LogP contribution >= 0.6 is 0 Å². The number of benzene rings is 1. The molecule has 0 aromatic heterocycles. The van der Waals surface area contributed by atoms with Crippen molar-refractivity contribution in [3.05, 3.63) is 29.3 Å². The van der Waals surface area contributed by atoms with Crippen LogP contribution in [0.4, 0.5) is 0 Å². The first-order valence-electron chi connectivity index (χ1n) is 9.95. The van der Waals surface area contributed by atoms with E-state index in [0.717, 1.165) is 35.6 Å². The molecule has 2 saturated carbocycles. The van der Waals surface area contributed by atoms with Gasteiger partial charge in [0.05, 0.1) is 11.1 Å². The number of ether oxygens (including phenoxy) is 2. The van der Waals surface area contributed by atoms with Gasteiger partial charge in [0, 0.05) is 5.41 Å². The zero-order valence-corrected chi connectivity index (χ0v) is 17.6. The predicted molar refractivity (Wildman–Crippen MR) is 108 cm³/mol. The number of oxime groups is 1. The van der Waals surface area contributed by atoms with Crippen molar-refractivity contribution in [1.82, 2.24) is 0 Å². The fraction of sp³-hybridized carbons (Fsp3) is 0.565. The van der Waals surface area contributed by atoms with Gasteiger partial charge >= 0.3 is 5.97 Å². The van der Waals surface area contributed by atoms with Gasteiger partial charge in [-0.2, -0.15) is 0 Å². The van der Waals surface area contributed by atoms with Crippen molar-refractivity contribution in [1.29, 1.82) is 0 Å². The Kier molecular flexibility index (Phi) is 4.15. The lowest BCUT2D eigenvalue weighted by atomic mass is 9.70. The van der Waals surface area contributed by atoms with Crippen molar-refractivity contribution in [2.45, 2.75) is 54.4 Å². The molecule has 0 amide bonds. The molecule has 2 atom stereocenters. The van der Waals surface area contributed by atoms with Gasteiger partial charge in [-0.05, 0) is 74.3 Å². The summed E-state index contributed by atoms with van der Waals surface area (Å²) in [5.41, 5.74) is 2.48. The van der Waals surface area contributed by atoms with Crippen molar-refractivity contribution in [3.8, 4) is 11.5 Å². The number of hydrogen-bond acceptors (Lipinski definition) is 5. The van der Waals surface area contributed by atoms with E-state index in [1.54, 1.807) is 0 Å².